The molecule has 0 saturated carbocycles. The van der Waals surface area contributed by atoms with E-state index in [1.54, 1.807) is 6.20 Å². The minimum atomic E-state index is -0.446. The Kier molecular flexibility index (Phi) is 1.59. The zero-order valence-corrected chi connectivity index (χ0v) is 7.32. The lowest BCUT2D eigenvalue weighted by Crippen LogP contribution is -2.17. The van der Waals surface area contributed by atoms with Crippen molar-refractivity contribution in [1.82, 2.24) is 4.57 Å². The average molecular weight is 176 g/mol. The number of fused-ring (bicyclic) bond motifs is 1. The van der Waals surface area contributed by atoms with Gasteiger partial charge < -0.3 is 5.73 Å². The van der Waals surface area contributed by atoms with E-state index < -0.39 is 6.03 Å². The highest BCUT2D eigenvalue weighted by molar-refractivity contribution is 5.91. The Morgan fingerprint density at radius 1 is 1.46 bits per heavy atom. The summed E-state index contributed by atoms with van der Waals surface area (Å²) in [6, 6.07) is 7.32. The highest BCUT2D eigenvalue weighted by atomic mass is 16.2. The first-order valence-electron chi connectivity index (χ1n) is 4.06. The number of nitrogens with two attached hydrogens (primary N) is 1. The topological polar surface area (TPSA) is 48.0 Å². The molecule has 0 bridgehead atoms. The summed E-state index contributed by atoms with van der Waals surface area (Å²) in [7, 11) is 0. The lowest BCUT2D eigenvalue weighted by atomic mass is 10.2. The number of benzene rings is 1. The van der Waals surface area contributed by atoms with E-state index in [1.165, 1.54) is 10.1 Å². The Morgan fingerprint density at radius 3 is 2.92 bits per heavy atom. The SMILES string of the molecule is Cc1ccc2c(ccn2C(N)=O)c1.[HH]. The first-order chi connectivity index (χ1) is 6.18. The van der Waals surface area contributed by atoms with Crippen molar-refractivity contribution in [3.05, 3.63) is 36.0 Å². The van der Waals surface area contributed by atoms with E-state index in [9.17, 15) is 4.79 Å². The van der Waals surface area contributed by atoms with Gasteiger partial charge in [0.15, 0.2) is 0 Å². The molecule has 13 heavy (non-hydrogen) atoms. The molecule has 1 amide bonds. The summed E-state index contributed by atoms with van der Waals surface area (Å²) in [5, 5.41) is 1.04. The minimum absolute atomic E-state index is 0. The number of amides is 1. The third kappa shape index (κ3) is 1.18. The third-order valence-electron chi connectivity index (χ3n) is 2.08. The van der Waals surface area contributed by atoms with Crippen molar-refractivity contribution >= 4 is 16.9 Å². The van der Waals surface area contributed by atoms with Crippen LogP contribution in [0.25, 0.3) is 10.9 Å². The van der Waals surface area contributed by atoms with E-state index in [2.05, 4.69) is 0 Å². The van der Waals surface area contributed by atoms with Gasteiger partial charge in [-0.25, -0.2) is 4.79 Å². The molecule has 2 N–H and O–H groups in total. The van der Waals surface area contributed by atoms with E-state index in [0.29, 0.717) is 0 Å². The monoisotopic (exact) mass is 176 g/mol. The van der Waals surface area contributed by atoms with Gasteiger partial charge in [0.1, 0.15) is 0 Å². The summed E-state index contributed by atoms with van der Waals surface area (Å²) in [6.07, 6.45) is 1.69. The van der Waals surface area contributed by atoms with Crippen LogP contribution in [0.1, 0.15) is 6.99 Å². The van der Waals surface area contributed by atoms with Gasteiger partial charge in [-0.2, -0.15) is 0 Å². The number of hydrogen-bond donors (Lipinski definition) is 1. The first kappa shape index (κ1) is 7.86. The molecular weight excluding hydrogens is 164 g/mol. The van der Waals surface area contributed by atoms with Crippen molar-refractivity contribution < 1.29 is 6.22 Å². The van der Waals surface area contributed by atoms with Gasteiger partial charge in [0.2, 0.25) is 0 Å². The maximum absolute atomic E-state index is 10.9. The summed E-state index contributed by atoms with van der Waals surface area (Å²) >= 11 is 0. The number of aryl methyl sites for hydroxylation is 1. The van der Waals surface area contributed by atoms with Crippen LogP contribution in [0, 0.1) is 6.92 Å². The van der Waals surface area contributed by atoms with Crippen molar-refractivity contribution in [2.75, 3.05) is 0 Å². The molecule has 2 rings (SSSR count). The van der Waals surface area contributed by atoms with Crippen LogP contribution in [0.4, 0.5) is 4.79 Å². The summed E-state index contributed by atoms with van der Waals surface area (Å²) in [5.74, 6) is 0. The van der Waals surface area contributed by atoms with Crippen LogP contribution in [0.2, 0.25) is 0 Å². The highest BCUT2D eigenvalue weighted by Crippen LogP contribution is 2.16. The van der Waals surface area contributed by atoms with Gasteiger partial charge in [0, 0.05) is 13.0 Å². The lowest BCUT2D eigenvalue weighted by molar-refractivity contribution is 0.251. The predicted octanol–water partition coefficient (Wildman–Crippen LogP) is 2.12. The molecule has 3 nitrogen and oxygen atoms in total. The second-order valence-electron chi connectivity index (χ2n) is 3.09. The van der Waals surface area contributed by atoms with Gasteiger partial charge in [-0.1, -0.05) is 11.6 Å². The van der Waals surface area contributed by atoms with E-state index in [4.69, 9.17) is 5.73 Å². The van der Waals surface area contributed by atoms with Gasteiger partial charge in [-0.05, 0) is 25.1 Å². The van der Waals surface area contributed by atoms with Crippen LogP contribution >= 0.6 is 0 Å². The van der Waals surface area contributed by atoms with Crippen LogP contribution in [0.3, 0.4) is 0 Å². The molecule has 0 unspecified atom stereocenters. The Morgan fingerprint density at radius 2 is 2.23 bits per heavy atom. The largest absolute Gasteiger partial charge is 0.351 e. The maximum Gasteiger partial charge on any atom is 0.323 e. The smallest absolute Gasteiger partial charge is 0.323 e. The van der Waals surface area contributed by atoms with Gasteiger partial charge in [0.25, 0.3) is 0 Å². The fourth-order valence-corrected chi connectivity index (χ4v) is 1.45. The zero-order valence-electron chi connectivity index (χ0n) is 7.32. The average Bonchev–Trinajstić information content (AvgIpc) is 2.46. The molecule has 0 fully saturated rings. The molecular formula is C10H12N2O. The van der Waals surface area contributed by atoms with Crippen molar-refractivity contribution in [1.29, 1.82) is 0 Å². The van der Waals surface area contributed by atoms with Crippen LogP contribution in [-0.4, -0.2) is 10.6 Å². The van der Waals surface area contributed by atoms with Crippen LogP contribution in [0.5, 0.6) is 0 Å². The van der Waals surface area contributed by atoms with Crippen molar-refractivity contribution in [3.63, 3.8) is 0 Å². The van der Waals surface area contributed by atoms with E-state index in [1.807, 2.05) is 31.2 Å². The molecule has 0 aliphatic carbocycles. The summed E-state index contributed by atoms with van der Waals surface area (Å²) < 4.78 is 1.44. The van der Waals surface area contributed by atoms with E-state index >= 15 is 0 Å². The molecule has 0 spiro atoms. The molecule has 1 heterocycles. The number of carbonyl (C=O) groups is 1. The van der Waals surface area contributed by atoms with Crippen molar-refractivity contribution in [2.45, 2.75) is 6.92 Å². The summed E-state index contributed by atoms with van der Waals surface area (Å²) in [4.78, 5) is 10.9. The lowest BCUT2D eigenvalue weighted by Gasteiger charge is -1.98. The number of carbonyl (C=O) groups excluding carboxylic acids is 1. The van der Waals surface area contributed by atoms with Gasteiger partial charge in [-0.15, -0.1) is 0 Å². The third-order valence-corrected chi connectivity index (χ3v) is 2.08. The molecule has 0 aliphatic heterocycles. The van der Waals surface area contributed by atoms with Crippen LogP contribution in [-0.2, 0) is 0 Å². The first-order valence-corrected chi connectivity index (χ1v) is 4.06. The maximum atomic E-state index is 10.9. The molecule has 0 radical (unpaired) electrons. The van der Waals surface area contributed by atoms with Crippen molar-refractivity contribution in [2.24, 2.45) is 5.73 Å². The Hall–Kier alpha value is -1.77. The second kappa shape index (κ2) is 2.62. The molecule has 1 aromatic heterocycles. The molecule has 0 aliphatic rings. The summed E-state index contributed by atoms with van der Waals surface area (Å²) in [6.45, 7) is 2.01. The van der Waals surface area contributed by atoms with Gasteiger partial charge in [-0.3, -0.25) is 4.57 Å². The van der Waals surface area contributed by atoms with Crippen molar-refractivity contribution in [3.8, 4) is 0 Å². The van der Waals surface area contributed by atoms with Crippen LogP contribution < -0.4 is 5.73 Å². The Bertz CT molecular complexity index is 476. The Balaban J connectivity index is 0.000000980. The molecule has 68 valence electrons. The fraction of sp³-hybridized carbons (Fsp3) is 0.100. The number of rotatable bonds is 0. The van der Waals surface area contributed by atoms with E-state index in [0.717, 1.165) is 10.9 Å². The Labute approximate surface area is 77.2 Å². The molecule has 2 aromatic rings. The quantitative estimate of drug-likeness (QED) is 0.656. The fourth-order valence-electron chi connectivity index (χ4n) is 1.45. The predicted molar refractivity (Wildman–Crippen MR) is 53.8 cm³/mol. The van der Waals surface area contributed by atoms with E-state index in [-0.39, 0.29) is 1.43 Å². The molecule has 0 saturated heterocycles. The van der Waals surface area contributed by atoms with Gasteiger partial charge in [0.05, 0.1) is 5.52 Å². The second-order valence-corrected chi connectivity index (χ2v) is 3.09. The molecule has 3 heteroatoms. The number of nitrogens with zero attached hydrogens (tertiary/aromatic N) is 1. The molecule has 1 aromatic carbocycles. The minimum Gasteiger partial charge on any atom is -0.351 e. The van der Waals surface area contributed by atoms with Gasteiger partial charge >= 0.3 is 6.03 Å². The number of aromatic nitrogens is 1. The normalized spacial score (nSPS) is 10.5. The zero-order chi connectivity index (χ0) is 9.42. The number of primary amides is 1. The number of hydrogen-bond acceptors (Lipinski definition) is 1. The van der Waals surface area contributed by atoms with Crippen LogP contribution in [0.15, 0.2) is 30.5 Å². The standard InChI is InChI=1S/C10H10N2O.H2/c1-7-2-3-9-8(6-7)4-5-12(9)10(11)13;/h2-6H,1H3,(H2,11,13);1H. The molecule has 0 atom stereocenters. The highest BCUT2D eigenvalue weighted by Gasteiger charge is 2.03. The summed E-state index contributed by atoms with van der Waals surface area (Å²) in [5.41, 5.74) is 7.22.